The summed E-state index contributed by atoms with van der Waals surface area (Å²) in [7, 11) is 1.63. The number of oxime groups is 1. The van der Waals surface area contributed by atoms with E-state index in [-0.39, 0.29) is 40.5 Å². The van der Waals surface area contributed by atoms with Gasteiger partial charge in [0.2, 0.25) is 0 Å². The van der Waals surface area contributed by atoms with E-state index in [1.165, 1.54) is 0 Å². The van der Waals surface area contributed by atoms with Crippen molar-refractivity contribution in [1.82, 2.24) is 0 Å². The van der Waals surface area contributed by atoms with Crippen LogP contribution in [0.15, 0.2) is 16.8 Å². The van der Waals surface area contributed by atoms with Crippen LogP contribution in [0.1, 0.15) is 65.7 Å². The molecule has 0 aromatic rings. The van der Waals surface area contributed by atoms with E-state index in [9.17, 15) is 15.0 Å². The highest BCUT2D eigenvalue weighted by molar-refractivity contribution is 5.95. The number of aliphatic hydroxyl groups excluding tert-OH is 1. The lowest BCUT2D eigenvalue weighted by atomic mass is 9.46. The Labute approximate surface area is 179 Å². The first-order valence-electron chi connectivity index (χ1n) is 11.5. The molecule has 3 fully saturated rings. The molecule has 0 amide bonds. The number of methoxy groups -OCH3 is 1. The van der Waals surface area contributed by atoms with Gasteiger partial charge in [0.05, 0.1) is 24.0 Å². The first-order chi connectivity index (χ1) is 14.2. The predicted octanol–water partition coefficient (Wildman–Crippen LogP) is 3.26. The number of ether oxygens (including phenoxy) is 1. The van der Waals surface area contributed by atoms with Crippen molar-refractivity contribution in [2.24, 2.45) is 33.7 Å². The summed E-state index contributed by atoms with van der Waals surface area (Å²) in [4.78, 5) is 18.5. The molecule has 168 valence electrons. The molecule has 2 N–H and O–H groups in total. The van der Waals surface area contributed by atoms with Crippen molar-refractivity contribution < 1.29 is 24.6 Å². The van der Waals surface area contributed by atoms with Crippen molar-refractivity contribution in [3.05, 3.63) is 11.6 Å². The number of allylic oxidation sites excluding steroid dienone is 1. The molecule has 6 heteroatoms. The van der Waals surface area contributed by atoms with Gasteiger partial charge < -0.3 is 19.8 Å². The third-order valence-corrected chi connectivity index (χ3v) is 9.16. The molecule has 0 spiro atoms. The number of fused-ring (bicyclic) bond motifs is 5. The smallest absolute Gasteiger partial charge is 0.159 e. The summed E-state index contributed by atoms with van der Waals surface area (Å²) in [6, 6.07) is 0. The van der Waals surface area contributed by atoms with Crippen molar-refractivity contribution >= 4 is 11.5 Å². The third kappa shape index (κ3) is 3.09. The van der Waals surface area contributed by atoms with E-state index in [4.69, 9.17) is 9.57 Å². The number of rotatable bonds is 5. The summed E-state index contributed by atoms with van der Waals surface area (Å²) in [5.74, 6) is 0.301. The standard InChI is InChI=1S/C24H37NO5/c1-15(25-30-12-11-29-4)17-7-10-24(28)19-14-21(27)20-13-16(26)5-8-22(20,2)18(19)6-9-23(17,24)3/h14,16-18,20,26,28H,5-13H2,1-4H3/b25-15-/t16?,17?,18?,20?,22?,23-,24-/m1/s1. The summed E-state index contributed by atoms with van der Waals surface area (Å²) < 4.78 is 5.01. The quantitative estimate of drug-likeness (QED) is 0.406. The van der Waals surface area contributed by atoms with Crippen molar-refractivity contribution in [2.45, 2.75) is 77.4 Å². The van der Waals surface area contributed by atoms with Gasteiger partial charge in [0, 0.05) is 24.4 Å². The summed E-state index contributed by atoms with van der Waals surface area (Å²) in [6.07, 6.45) is 6.88. The maximum absolute atomic E-state index is 13.1. The normalized spacial score (nSPS) is 46.0. The summed E-state index contributed by atoms with van der Waals surface area (Å²) in [5.41, 5.74) is 0.360. The van der Waals surface area contributed by atoms with Gasteiger partial charge in [0.15, 0.2) is 5.78 Å². The van der Waals surface area contributed by atoms with E-state index in [0.717, 1.165) is 43.4 Å². The van der Waals surface area contributed by atoms with Gasteiger partial charge in [-0.1, -0.05) is 19.0 Å². The van der Waals surface area contributed by atoms with E-state index >= 15 is 0 Å². The molecule has 6 nitrogen and oxygen atoms in total. The maximum atomic E-state index is 13.1. The molecule has 0 bridgehead atoms. The molecule has 0 aliphatic heterocycles. The molecule has 0 aromatic heterocycles. The molecule has 4 aliphatic carbocycles. The minimum atomic E-state index is -0.983. The third-order valence-electron chi connectivity index (χ3n) is 9.16. The van der Waals surface area contributed by atoms with Crippen LogP contribution >= 0.6 is 0 Å². The number of carbonyl (C=O) groups excluding carboxylic acids is 1. The van der Waals surface area contributed by atoms with E-state index in [1.807, 2.05) is 6.92 Å². The van der Waals surface area contributed by atoms with Crippen LogP contribution in [0.5, 0.6) is 0 Å². The molecule has 3 saturated carbocycles. The molecule has 5 unspecified atom stereocenters. The lowest BCUT2D eigenvalue weighted by molar-refractivity contribution is -0.138. The van der Waals surface area contributed by atoms with Gasteiger partial charge in [0.1, 0.15) is 6.61 Å². The number of carbonyl (C=O) groups is 1. The number of ketones is 1. The summed E-state index contributed by atoms with van der Waals surface area (Å²) in [5, 5.41) is 26.6. The fourth-order valence-corrected chi connectivity index (χ4v) is 7.32. The van der Waals surface area contributed by atoms with Crippen LogP contribution in [0.4, 0.5) is 0 Å². The topological polar surface area (TPSA) is 88.4 Å². The zero-order chi connectivity index (χ0) is 21.7. The molecule has 0 heterocycles. The van der Waals surface area contributed by atoms with Crippen LogP contribution in [-0.2, 0) is 14.4 Å². The van der Waals surface area contributed by atoms with E-state index in [1.54, 1.807) is 13.2 Å². The number of hydrogen-bond acceptors (Lipinski definition) is 6. The lowest BCUT2D eigenvalue weighted by Crippen LogP contribution is -2.59. The maximum Gasteiger partial charge on any atom is 0.159 e. The second-order valence-electron chi connectivity index (χ2n) is 10.5. The first kappa shape index (κ1) is 22.0. The molecule has 0 aromatic carbocycles. The van der Waals surface area contributed by atoms with Gasteiger partial charge in [-0.2, -0.15) is 0 Å². The lowest BCUT2D eigenvalue weighted by Gasteiger charge is -2.59. The minimum Gasteiger partial charge on any atom is -0.393 e. The monoisotopic (exact) mass is 419 g/mol. The van der Waals surface area contributed by atoms with Crippen LogP contribution in [0, 0.1) is 28.6 Å². The summed E-state index contributed by atoms with van der Waals surface area (Å²) >= 11 is 0. The zero-order valence-corrected chi connectivity index (χ0v) is 18.8. The first-order valence-corrected chi connectivity index (χ1v) is 11.5. The van der Waals surface area contributed by atoms with Crippen molar-refractivity contribution in [3.8, 4) is 0 Å². The summed E-state index contributed by atoms with van der Waals surface area (Å²) in [6.45, 7) is 7.27. The highest BCUT2D eigenvalue weighted by Crippen LogP contribution is 2.67. The number of aliphatic hydroxyl groups is 2. The molecule has 0 radical (unpaired) electrons. The van der Waals surface area contributed by atoms with Crippen LogP contribution < -0.4 is 0 Å². The Morgan fingerprint density at radius 2 is 1.93 bits per heavy atom. The molecule has 7 atom stereocenters. The van der Waals surface area contributed by atoms with Gasteiger partial charge >= 0.3 is 0 Å². The van der Waals surface area contributed by atoms with E-state index < -0.39 is 5.60 Å². The number of nitrogens with zero attached hydrogens (tertiary/aromatic N) is 1. The average molecular weight is 420 g/mol. The fraction of sp³-hybridized carbons (Fsp3) is 0.833. The molecule has 30 heavy (non-hydrogen) atoms. The van der Waals surface area contributed by atoms with Crippen molar-refractivity contribution in [1.29, 1.82) is 0 Å². The highest BCUT2D eigenvalue weighted by Gasteiger charge is 2.66. The molecular weight excluding hydrogens is 382 g/mol. The molecule has 4 aliphatic rings. The Balaban J connectivity index is 1.64. The Kier molecular flexibility index (Phi) is 5.65. The molecule has 4 rings (SSSR count). The Morgan fingerprint density at radius 1 is 1.17 bits per heavy atom. The highest BCUT2D eigenvalue weighted by atomic mass is 16.6. The van der Waals surface area contributed by atoms with Crippen molar-refractivity contribution in [2.75, 3.05) is 20.3 Å². The molecular formula is C24H37NO5. The van der Waals surface area contributed by atoms with Gasteiger partial charge in [-0.25, -0.2) is 0 Å². The second-order valence-corrected chi connectivity index (χ2v) is 10.5. The van der Waals surface area contributed by atoms with Crippen molar-refractivity contribution in [3.63, 3.8) is 0 Å². The largest absolute Gasteiger partial charge is 0.393 e. The van der Waals surface area contributed by atoms with Gasteiger partial charge in [-0.3, -0.25) is 4.79 Å². The predicted molar refractivity (Wildman–Crippen MR) is 114 cm³/mol. The van der Waals surface area contributed by atoms with Crippen LogP contribution in [-0.4, -0.2) is 53.7 Å². The Hall–Kier alpha value is -1.24. The van der Waals surface area contributed by atoms with Crippen LogP contribution in [0.25, 0.3) is 0 Å². The number of hydrogen-bond donors (Lipinski definition) is 2. The Morgan fingerprint density at radius 3 is 2.67 bits per heavy atom. The van der Waals surface area contributed by atoms with E-state index in [2.05, 4.69) is 19.0 Å². The second kappa shape index (κ2) is 7.72. The van der Waals surface area contributed by atoms with Crippen LogP contribution in [0.2, 0.25) is 0 Å². The zero-order valence-electron chi connectivity index (χ0n) is 18.8. The average Bonchev–Trinajstić information content (AvgIpc) is 2.99. The van der Waals surface area contributed by atoms with Gasteiger partial charge in [-0.05, 0) is 74.9 Å². The SMILES string of the molecule is COCCO/N=C(/C)C1CC[C@@]2(O)C3=CC(=O)C4CC(O)CCC4(C)C3CC[C@]12C. The minimum absolute atomic E-state index is 0.0944. The molecule has 0 saturated heterocycles. The van der Waals surface area contributed by atoms with Gasteiger partial charge in [-0.15, -0.1) is 0 Å². The Bertz CT molecular complexity index is 763. The fourth-order valence-electron chi connectivity index (χ4n) is 7.32. The van der Waals surface area contributed by atoms with Gasteiger partial charge in [0.25, 0.3) is 0 Å². The van der Waals surface area contributed by atoms with E-state index in [0.29, 0.717) is 26.1 Å². The van der Waals surface area contributed by atoms with Crippen LogP contribution in [0.3, 0.4) is 0 Å².